The van der Waals surface area contributed by atoms with E-state index < -0.39 is 0 Å². The molecule has 0 atom stereocenters. The second-order valence-electron chi connectivity index (χ2n) is 5.95. The normalized spacial score (nSPS) is 15.2. The van der Waals surface area contributed by atoms with Crippen LogP contribution in [0.25, 0.3) is 17.4 Å². The van der Waals surface area contributed by atoms with Crippen molar-refractivity contribution in [2.45, 2.75) is 0 Å². The Bertz CT molecular complexity index is 1040. The average Bonchev–Trinajstić information content (AvgIpc) is 3.30. The first-order valence-electron chi connectivity index (χ1n) is 8.31. The molecule has 1 amide bonds. The molecule has 0 saturated heterocycles. The molecule has 2 aromatic carbocycles. The Morgan fingerprint density at radius 1 is 1.04 bits per heavy atom. The maximum Gasteiger partial charge on any atom is 0.286 e. The fourth-order valence-electron chi connectivity index (χ4n) is 2.65. The van der Waals surface area contributed by atoms with Crippen LogP contribution in [0.4, 0.5) is 5.69 Å². The van der Waals surface area contributed by atoms with Gasteiger partial charge in [0.1, 0.15) is 17.3 Å². The van der Waals surface area contributed by atoms with Crippen LogP contribution in [0.5, 0.6) is 5.75 Å². The molecule has 0 fully saturated rings. The van der Waals surface area contributed by atoms with Gasteiger partial charge in [-0.15, -0.1) is 0 Å². The molecule has 0 unspecified atom stereocenters. The zero-order valence-corrected chi connectivity index (χ0v) is 15.3. The lowest BCUT2D eigenvalue weighted by molar-refractivity contribution is -0.113. The van der Waals surface area contributed by atoms with E-state index in [4.69, 9.17) is 4.42 Å². The molecule has 134 valence electrons. The number of aliphatic imine (C=N–C) groups is 1. The van der Waals surface area contributed by atoms with E-state index in [-0.39, 0.29) is 11.7 Å². The molecule has 5 nitrogen and oxygen atoms in total. The highest BCUT2D eigenvalue weighted by atomic mass is 32.2. The molecule has 4 rings (SSSR count). The number of amidine groups is 1. The zero-order valence-electron chi connectivity index (χ0n) is 14.5. The number of amides is 1. The summed E-state index contributed by atoms with van der Waals surface area (Å²) in [6, 6.07) is 20.2. The molecule has 0 bridgehead atoms. The Morgan fingerprint density at radius 3 is 2.52 bits per heavy atom. The second-order valence-corrected chi connectivity index (χ2v) is 6.96. The largest absolute Gasteiger partial charge is 0.508 e. The minimum absolute atomic E-state index is 0.192. The average molecular weight is 376 g/mol. The quantitative estimate of drug-likeness (QED) is 0.668. The topological polar surface area (TPSA) is 66.0 Å². The van der Waals surface area contributed by atoms with Gasteiger partial charge in [0.2, 0.25) is 0 Å². The first kappa shape index (κ1) is 17.2. The van der Waals surface area contributed by atoms with E-state index in [0.717, 1.165) is 17.0 Å². The molecular weight excluding hydrogens is 360 g/mol. The molecule has 1 aromatic heterocycles. The van der Waals surface area contributed by atoms with Crippen molar-refractivity contribution in [1.82, 2.24) is 0 Å². The minimum Gasteiger partial charge on any atom is -0.508 e. The smallest absolute Gasteiger partial charge is 0.286 e. The highest BCUT2D eigenvalue weighted by Crippen LogP contribution is 2.33. The number of anilines is 1. The van der Waals surface area contributed by atoms with Crippen molar-refractivity contribution >= 4 is 34.6 Å². The van der Waals surface area contributed by atoms with Crippen LogP contribution in [0.15, 0.2) is 81.0 Å². The molecule has 27 heavy (non-hydrogen) atoms. The van der Waals surface area contributed by atoms with Crippen LogP contribution in [-0.2, 0) is 4.79 Å². The minimum atomic E-state index is -0.293. The molecule has 6 heteroatoms. The van der Waals surface area contributed by atoms with E-state index in [0.29, 0.717) is 15.8 Å². The van der Waals surface area contributed by atoms with Gasteiger partial charge in [-0.2, -0.15) is 4.99 Å². The first-order chi connectivity index (χ1) is 13.1. The zero-order chi connectivity index (χ0) is 18.8. The fraction of sp³-hybridized carbons (Fsp3) is 0.0476. The molecule has 1 aliphatic rings. The van der Waals surface area contributed by atoms with Crippen LogP contribution in [0.3, 0.4) is 0 Å². The summed E-state index contributed by atoms with van der Waals surface area (Å²) in [4.78, 5) is 18.7. The van der Waals surface area contributed by atoms with Gasteiger partial charge in [-0.05, 0) is 48.2 Å². The Labute approximate surface area is 160 Å². The van der Waals surface area contributed by atoms with Gasteiger partial charge in [-0.3, -0.25) is 4.79 Å². The third-order valence-corrected chi connectivity index (χ3v) is 5.15. The van der Waals surface area contributed by atoms with E-state index in [1.54, 1.807) is 35.2 Å². The number of aromatic hydroxyl groups is 1. The molecule has 1 N–H and O–H groups in total. The molecule has 0 saturated carbocycles. The number of carbonyl (C=O) groups is 1. The van der Waals surface area contributed by atoms with Gasteiger partial charge >= 0.3 is 0 Å². The van der Waals surface area contributed by atoms with Gasteiger partial charge in [0.15, 0.2) is 5.17 Å². The van der Waals surface area contributed by atoms with E-state index in [1.165, 1.54) is 11.8 Å². The summed E-state index contributed by atoms with van der Waals surface area (Å²) in [5, 5.41) is 9.98. The number of phenols is 1. The predicted molar refractivity (Wildman–Crippen MR) is 109 cm³/mol. The summed E-state index contributed by atoms with van der Waals surface area (Å²) < 4.78 is 5.84. The summed E-state index contributed by atoms with van der Waals surface area (Å²) in [5.41, 5.74) is 1.81. The number of nitrogens with zero attached hydrogens (tertiary/aromatic N) is 2. The van der Waals surface area contributed by atoms with E-state index in [1.807, 2.05) is 49.5 Å². The molecule has 0 aliphatic carbocycles. The van der Waals surface area contributed by atoms with Crippen molar-refractivity contribution in [3.8, 4) is 17.1 Å². The highest BCUT2D eigenvalue weighted by molar-refractivity contribution is 8.18. The summed E-state index contributed by atoms with van der Waals surface area (Å²) in [5.74, 6) is 1.25. The number of phenolic OH excluding ortho intramolecular Hbond substituents is 1. The second kappa shape index (κ2) is 7.17. The van der Waals surface area contributed by atoms with Crippen LogP contribution in [0.1, 0.15) is 5.76 Å². The van der Waals surface area contributed by atoms with Gasteiger partial charge < -0.3 is 14.4 Å². The molecule has 0 spiro atoms. The van der Waals surface area contributed by atoms with Crippen molar-refractivity contribution in [2.24, 2.45) is 4.99 Å². The monoisotopic (exact) mass is 376 g/mol. The first-order valence-corrected chi connectivity index (χ1v) is 9.12. The van der Waals surface area contributed by atoms with E-state index in [9.17, 15) is 9.90 Å². The standard InChI is InChI=1S/C21H16N2O3S/c1-23(15-7-9-16(24)10-8-15)21-22-20(25)19(27-21)13-17-11-12-18(26-17)14-5-3-2-4-6-14/h2-13,24H,1H3/b19-13-. The van der Waals surface area contributed by atoms with Crippen molar-refractivity contribution < 1.29 is 14.3 Å². The van der Waals surface area contributed by atoms with Crippen LogP contribution >= 0.6 is 11.8 Å². The van der Waals surface area contributed by atoms with Crippen molar-refractivity contribution in [2.75, 3.05) is 11.9 Å². The highest BCUT2D eigenvalue weighted by Gasteiger charge is 2.25. The maximum absolute atomic E-state index is 12.3. The van der Waals surface area contributed by atoms with Gasteiger partial charge in [-0.25, -0.2) is 0 Å². The van der Waals surface area contributed by atoms with Crippen molar-refractivity contribution in [1.29, 1.82) is 0 Å². The summed E-state index contributed by atoms with van der Waals surface area (Å²) >= 11 is 1.29. The van der Waals surface area contributed by atoms with E-state index >= 15 is 0 Å². The lowest BCUT2D eigenvalue weighted by Crippen LogP contribution is -2.21. The number of hydrogen-bond acceptors (Lipinski definition) is 5. The molecule has 2 heterocycles. The number of thioether (sulfide) groups is 1. The number of carbonyl (C=O) groups excluding carboxylic acids is 1. The number of rotatable bonds is 3. The Balaban J connectivity index is 1.52. The van der Waals surface area contributed by atoms with Gasteiger partial charge in [0, 0.05) is 24.4 Å². The van der Waals surface area contributed by atoms with Crippen LogP contribution < -0.4 is 4.90 Å². The summed E-state index contributed by atoms with van der Waals surface area (Å²) in [7, 11) is 1.83. The van der Waals surface area contributed by atoms with Crippen molar-refractivity contribution in [3.05, 3.63) is 77.4 Å². The molecule has 3 aromatic rings. The Kier molecular flexibility index (Phi) is 4.56. The molecular formula is C21H16N2O3S. The van der Waals surface area contributed by atoms with Crippen LogP contribution in [0, 0.1) is 0 Å². The van der Waals surface area contributed by atoms with Crippen molar-refractivity contribution in [3.63, 3.8) is 0 Å². The molecule has 1 aliphatic heterocycles. The maximum atomic E-state index is 12.3. The number of benzene rings is 2. The fourth-order valence-corrected chi connectivity index (χ4v) is 3.52. The van der Waals surface area contributed by atoms with E-state index in [2.05, 4.69) is 4.99 Å². The lowest BCUT2D eigenvalue weighted by Gasteiger charge is -2.17. The van der Waals surface area contributed by atoms with Crippen LogP contribution in [-0.4, -0.2) is 23.2 Å². The summed E-state index contributed by atoms with van der Waals surface area (Å²) in [6.45, 7) is 0. The predicted octanol–water partition coefficient (Wildman–Crippen LogP) is 4.76. The van der Waals surface area contributed by atoms with Gasteiger partial charge in [0.25, 0.3) is 5.91 Å². The molecule has 0 radical (unpaired) electrons. The summed E-state index contributed by atoms with van der Waals surface area (Å²) in [6.07, 6.45) is 1.71. The van der Waals surface area contributed by atoms with Gasteiger partial charge in [0.05, 0.1) is 4.91 Å². The third kappa shape index (κ3) is 3.66. The number of furan rings is 1. The number of hydrogen-bond donors (Lipinski definition) is 1. The van der Waals surface area contributed by atoms with Gasteiger partial charge in [-0.1, -0.05) is 30.3 Å². The Morgan fingerprint density at radius 2 is 1.78 bits per heavy atom. The Hall–Kier alpha value is -3.25. The lowest BCUT2D eigenvalue weighted by atomic mass is 10.2. The SMILES string of the molecule is CN(C1=NC(=O)/C(=C/c2ccc(-c3ccccc3)o2)S1)c1ccc(O)cc1. The third-order valence-electron chi connectivity index (χ3n) is 4.09. The van der Waals surface area contributed by atoms with Crippen LogP contribution in [0.2, 0.25) is 0 Å².